The summed E-state index contributed by atoms with van der Waals surface area (Å²) in [5.41, 5.74) is 2.37. The zero-order valence-corrected chi connectivity index (χ0v) is 15.3. The smallest absolute Gasteiger partial charge is 0.230 e. The average Bonchev–Trinajstić information content (AvgIpc) is 3.20. The van der Waals surface area contributed by atoms with Crippen molar-refractivity contribution in [2.24, 2.45) is 0 Å². The summed E-state index contributed by atoms with van der Waals surface area (Å²) in [6, 6.07) is 14.5. The number of benzene rings is 1. The van der Waals surface area contributed by atoms with Crippen molar-refractivity contribution < 1.29 is 4.79 Å². The molecule has 5 heteroatoms. The summed E-state index contributed by atoms with van der Waals surface area (Å²) in [6.45, 7) is 2.75. The van der Waals surface area contributed by atoms with Gasteiger partial charge in [-0.2, -0.15) is 11.8 Å². The Kier molecular flexibility index (Phi) is 6.74. The van der Waals surface area contributed by atoms with Gasteiger partial charge in [-0.05, 0) is 42.2 Å². The van der Waals surface area contributed by atoms with E-state index < -0.39 is 0 Å². The Morgan fingerprint density at radius 2 is 1.88 bits per heavy atom. The number of nitrogens with zero attached hydrogens (tertiary/aromatic N) is 2. The van der Waals surface area contributed by atoms with Crippen LogP contribution in [-0.4, -0.2) is 35.5 Å². The lowest BCUT2D eigenvalue weighted by molar-refractivity contribution is -0.118. The third-order valence-electron chi connectivity index (χ3n) is 4.34. The number of hydrogen-bond acceptors (Lipinski definition) is 4. The molecular weight excluding hydrogens is 330 g/mol. The molecule has 2 heterocycles. The highest BCUT2D eigenvalue weighted by molar-refractivity contribution is 7.99. The summed E-state index contributed by atoms with van der Waals surface area (Å²) in [5, 5.41) is 2.97. The maximum Gasteiger partial charge on any atom is 0.230 e. The predicted octanol–water partition coefficient (Wildman–Crippen LogP) is 3.27. The normalized spacial score (nSPS) is 13.8. The van der Waals surface area contributed by atoms with E-state index in [9.17, 15) is 4.79 Å². The Morgan fingerprint density at radius 1 is 1.08 bits per heavy atom. The lowest BCUT2D eigenvalue weighted by Gasteiger charge is -2.16. The number of thioether (sulfide) groups is 1. The van der Waals surface area contributed by atoms with Crippen molar-refractivity contribution in [2.45, 2.75) is 25.8 Å². The zero-order chi connectivity index (χ0) is 17.3. The number of rotatable bonds is 8. The molecule has 2 aromatic rings. The lowest BCUT2D eigenvalue weighted by Crippen LogP contribution is -2.25. The lowest BCUT2D eigenvalue weighted by atomic mass is 10.2. The summed E-state index contributed by atoms with van der Waals surface area (Å²) in [5.74, 6) is 2.60. The third kappa shape index (κ3) is 5.78. The second-order valence-electron chi connectivity index (χ2n) is 6.28. The Morgan fingerprint density at radius 3 is 2.60 bits per heavy atom. The second kappa shape index (κ2) is 9.47. The maximum atomic E-state index is 11.9. The minimum Gasteiger partial charge on any atom is -0.357 e. The molecule has 0 atom stereocenters. The van der Waals surface area contributed by atoms with E-state index in [1.807, 2.05) is 12.3 Å². The van der Waals surface area contributed by atoms with Crippen molar-refractivity contribution in [1.29, 1.82) is 0 Å². The topological polar surface area (TPSA) is 45.2 Å². The molecule has 0 saturated carbocycles. The van der Waals surface area contributed by atoms with Gasteiger partial charge in [0.15, 0.2) is 0 Å². The first-order valence-corrected chi connectivity index (χ1v) is 10.0. The molecule has 1 aromatic heterocycles. The Labute approximate surface area is 154 Å². The molecule has 0 aliphatic carbocycles. The van der Waals surface area contributed by atoms with Crippen molar-refractivity contribution >= 4 is 23.5 Å². The molecule has 1 aliphatic rings. The highest BCUT2D eigenvalue weighted by atomic mass is 32.2. The first-order chi connectivity index (χ1) is 12.3. The number of carbonyl (C=O) groups excluding carboxylic acids is 1. The first-order valence-electron chi connectivity index (χ1n) is 8.89. The van der Waals surface area contributed by atoms with Crippen LogP contribution in [0, 0.1) is 0 Å². The third-order valence-corrected chi connectivity index (χ3v) is 5.30. The number of pyridine rings is 1. The summed E-state index contributed by atoms with van der Waals surface area (Å²) < 4.78 is 0. The van der Waals surface area contributed by atoms with Gasteiger partial charge in [0.2, 0.25) is 5.91 Å². The molecular formula is C20H25N3OS. The zero-order valence-electron chi connectivity index (χ0n) is 14.5. The standard InChI is InChI=1S/C20H25N3OS/c24-20(16-25-13-10-17-6-2-1-3-7-17)22-15-18-8-9-19(21-14-18)23-11-4-5-12-23/h1-3,6-9,14H,4-5,10-13,15-16H2,(H,22,24). The molecule has 0 bridgehead atoms. The van der Waals surface area contributed by atoms with E-state index in [0.29, 0.717) is 12.3 Å². The quantitative estimate of drug-likeness (QED) is 0.738. The van der Waals surface area contributed by atoms with Crippen LogP contribution in [0.4, 0.5) is 5.82 Å². The van der Waals surface area contributed by atoms with Gasteiger partial charge in [-0.3, -0.25) is 4.79 Å². The van der Waals surface area contributed by atoms with Crippen LogP contribution < -0.4 is 10.2 Å². The molecule has 0 spiro atoms. The van der Waals surface area contributed by atoms with E-state index in [2.05, 4.69) is 51.6 Å². The number of aryl methyl sites for hydroxylation is 1. The Bertz CT molecular complexity index is 654. The second-order valence-corrected chi connectivity index (χ2v) is 7.39. The van der Waals surface area contributed by atoms with Gasteiger partial charge in [0, 0.05) is 25.8 Å². The van der Waals surface area contributed by atoms with Crippen molar-refractivity contribution in [2.75, 3.05) is 29.5 Å². The SMILES string of the molecule is O=C(CSCCc1ccccc1)NCc1ccc(N2CCCC2)nc1. The van der Waals surface area contributed by atoms with Gasteiger partial charge in [-0.1, -0.05) is 36.4 Å². The average molecular weight is 356 g/mol. The largest absolute Gasteiger partial charge is 0.357 e. The van der Waals surface area contributed by atoms with Crippen molar-refractivity contribution in [3.63, 3.8) is 0 Å². The molecule has 25 heavy (non-hydrogen) atoms. The van der Waals surface area contributed by atoms with E-state index in [1.165, 1.54) is 18.4 Å². The van der Waals surface area contributed by atoms with Crippen LogP contribution >= 0.6 is 11.8 Å². The van der Waals surface area contributed by atoms with Crippen LogP contribution in [0.5, 0.6) is 0 Å². The van der Waals surface area contributed by atoms with Crippen LogP contribution in [0.1, 0.15) is 24.0 Å². The molecule has 0 radical (unpaired) electrons. The summed E-state index contributed by atoms with van der Waals surface area (Å²) in [4.78, 5) is 18.8. The van der Waals surface area contributed by atoms with Gasteiger partial charge in [0.05, 0.1) is 5.75 Å². The van der Waals surface area contributed by atoms with E-state index in [0.717, 1.165) is 36.6 Å². The van der Waals surface area contributed by atoms with E-state index >= 15 is 0 Å². The molecule has 1 saturated heterocycles. The van der Waals surface area contributed by atoms with Gasteiger partial charge in [-0.25, -0.2) is 4.98 Å². The number of nitrogens with one attached hydrogen (secondary N) is 1. The Hall–Kier alpha value is -2.01. The van der Waals surface area contributed by atoms with Crippen molar-refractivity contribution in [3.8, 4) is 0 Å². The number of anilines is 1. The fraction of sp³-hybridized carbons (Fsp3) is 0.400. The fourth-order valence-electron chi connectivity index (χ4n) is 2.91. The highest BCUT2D eigenvalue weighted by Gasteiger charge is 2.13. The number of hydrogen-bond donors (Lipinski definition) is 1. The van der Waals surface area contributed by atoms with Gasteiger partial charge < -0.3 is 10.2 Å². The number of carbonyl (C=O) groups is 1. The molecule has 1 aliphatic heterocycles. The summed E-state index contributed by atoms with van der Waals surface area (Å²) in [6.07, 6.45) is 5.38. The van der Waals surface area contributed by atoms with Crippen LogP contribution in [0.2, 0.25) is 0 Å². The van der Waals surface area contributed by atoms with Gasteiger partial charge in [-0.15, -0.1) is 0 Å². The predicted molar refractivity (Wildman–Crippen MR) is 105 cm³/mol. The van der Waals surface area contributed by atoms with E-state index in [-0.39, 0.29) is 5.91 Å². The molecule has 1 amide bonds. The molecule has 132 valence electrons. The minimum atomic E-state index is 0.0849. The van der Waals surface area contributed by atoms with Crippen LogP contribution in [0.3, 0.4) is 0 Å². The van der Waals surface area contributed by atoms with Gasteiger partial charge >= 0.3 is 0 Å². The molecule has 0 unspecified atom stereocenters. The van der Waals surface area contributed by atoms with E-state index in [4.69, 9.17) is 0 Å². The molecule has 1 aromatic carbocycles. The number of amides is 1. The van der Waals surface area contributed by atoms with Gasteiger partial charge in [0.25, 0.3) is 0 Å². The Balaban J connectivity index is 1.33. The summed E-state index contributed by atoms with van der Waals surface area (Å²) >= 11 is 1.68. The van der Waals surface area contributed by atoms with Crippen molar-refractivity contribution in [3.05, 3.63) is 59.8 Å². The summed E-state index contributed by atoms with van der Waals surface area (Å²) in [7, 11) is 0. The first kappa shape index (κ1) is 17.8. The maximum absolute atomic E-state index is 11.9. The molecule has 1 N–H and O–H groups in total. The fourth-order valence-corrected chi connectivity index (χ4v) is 3.72. The minimum absolute atomic E-state index is 0.0849. The monoisotopic (exact) mass is 355 g/mol. The van der Waals surface area contributed by atoms with Crippen LogP contribution in [0.15, 0.2) is 48.7 Å². The molecule has 4 nitrogen and oxygen atoms in total. The molecule has 1 fully saturated rings. The number of aromatic nitrogens is 1. The van der Waals surface area contributed by atoms with Crippen LogP contribution in [-0.2, 0) is 17.8 Å². The van der Waals surface area contributed by atoms with Crippen LogP contribution in [0.25, 0.3) is 0 Å². The van der Waals surface area contributed by atoms with E-state index in [1.54, 1.807) is 11.8 Å². The highest BCUT2D eigenvalue weighted by Crippen LogP contribution is 2.17. The van der Waals surface area contributed by atoms with Crippen molar-refractivity contribution in [1.82, 2.24) is 10.3 Å². The van der Waals surface area contributed by atoms with Gasteiger partial charge in [0.1, 0.15) is 5.82 Å². The molecule has 3 rings (SSSR count).